The molecule has 0 atom stereocenters. The van der Waals surface area contributed by atoms with Crippen molar-refractivity contribution in [3.63, 3.8) is 0 Å². The fourth-order valence-electron chi connectivity index (χ4n) is 2.82. The minimum Gasteiger partial charge on any atom is -0.280 e. The van der Waals surface area contributed by atoms with E-state index in [2.05, 4.69) is 74.5 Å². The van der Waals surface area contributed by atoms with Gasteiger partial charge in [-0.2, -0.15) is 0 Å². The van der Waals surface area contributed by atoms with Gasteiger partial charge in [0.05, 0.1) is 0 Å². The van der Waals surface area contributed by atoms with E-state index in [4.69, 9.17) is 4.99 Å². The number of hydrogen-bond acceptors (Lipinski definition) is 1. The van der Waals surface area contributed by atoms with Crippen LogP contribution < -0.4 is 0 Å². The molecule has 23 heavy (non-hydrogen) atoms. The zero-order valence-corrected chi connectivity index (χ0v) is 13.6. The maximum absolute atomic E-state index is 4.93. The Morgan fingerprint density at radius 1 is 0.652 bits per heavy atom. The molecule has 3 aromatic carbocycles. The van der Waals surface area contributed by atoms with E-state index in [1.807, 2.05) is 24.4 Å². The van der Waals surface area contributed by atoms with Crippen LogP contribution in [0.15, 0.2) is 83.9 Å². The summed E-state index contributed by atoms with van der Waals surface area (Å²) in [6.45, 7) is 4.30. The third-order valence-corrected chi connectivity index (χ3v) is 4.14. The van der Waals surface area contributed by atoms with Crippen LogP contribution in [0.2, 0.25) is 0 Å². The van der Waals surface area contributed by atoms with Crippen molar-refractivity contribution in [1.29, 1.82) is 0 Å². The summed E-state index contributed by atoms with van der Waals surface area (Å²) in [6.07, 6.45) is 1.98. The molecule has 0 heterocycles. The van der Waals surface area contributed by atoms with Gasteiger partial charge in [-0.1, -0.05) is 78.9 Å². The summed E-state index contributed by atoms with van der Waals surface area (Å²) in [5.41, 5.74) is 6.18. The first kappa shape index (κ1) is 15.2. The predicted octanol–water partition coefficient (Wildman–Crippen LogP) is 5.51. The Bertz CT molecular complexity index is 757. The maximum Gasteiger partial charge on any atom is 0.100 e. The molecule has 0 bridgehead atoms. The third kappa shape index (κ3) is 3.57. The molecule has 0 spiro atoms. The van der Waals surface area contributed by atoms with E-state index in [1.54, 1.807) is 0 Å². The lowest BCUT2D eigenvalue weighted by molar-refractivity contribution is 0.859. The first-order chi connectivity index (χ1) is 11.3. The Labute approximate surface area is 138 Å². The van der Waals surface area contributed by atoms with Crippen molar-refractivity contribution >= 4 is 6.21 Å². The predicted molar refractivity (Wildman–Crippen MR) is 98.2 cm³/mol. The SMILES string of the molecule is Cc1ccccc1C(N=Cc1ccccc1)c1ccccc1C. The minimum atomic E-state index is 0.0256. The number of nitrogens with zero attached hydrogens (tertiary/aromatic N) is 1. The van der Waals surface area contributed by atoms with Gasteiger partial charge in [0.2, 0.25) is 0 Å². The smallest absolute Gasteiger partial charge is 0.100 e. The van der Waals surface area contributed by atoms with Crippen LogP contribution in [-0.4, -0.2) is 6.21 Å². The summed E-state index contributed by atoms with van der Waals surface area (Å²) in [4.78, 5) is 4.93. The van der Waals surface area contributed by atoms with Crippen molar-refractivity contribution < 1.29 is 0 Å². The van der Waals surface area contributed by atoms with Gasteiger partial charge in [0.1, 0.15) is 6.04 Å². The van der Waals surface area contributed by atoms with E-state index in [0.29, 0.717) is 0 Å². The van der Waals surface area contributed by atoms with E-state index in [0.717, 1.165) is 5.56 Å². The molecule has 1 heteroatoms. The fourth-order valence-corrected chi connectivity index (χ4v) is 2.82. The summed E-state index contributed by atoms with van der Waals surface area (Å²) < 4.78 is 0. The molecular weight excluding hydrogens is 278 g/mol. The van der Waals surface area contributed by atoms with Gasteiger partial charge >= 0.3 is 0 Å². The average molecular weight is 299 g/mol. The molecule has 3 aromatic rings. The lowest BCUT2D eigenvalue weighted by Gasteiger charge is -2.18. The van der Waals surface area contributed by atoms with Crippen molar-refractivity contribution in [3.8, 4) is 0 Å². The Hall–Kier alpha value is -2.67. The van der Waals surface area contributed by atoms with E-state index < -0.39 is 0 Å². The normalized spacial score (nSPS) is 11.3. The Morgan fingerprint density at radius 2 is 1.13 bits per heavy atom. The molecule has 0 saturated carbocycles. The lowest BCUT2D eigenvalue weighted by atomic mass is 9.92. The molecule has 1 nitrogen and oxygen atoms in total. The number of aryl methyl sites for hydroxylation is 2. The summed E-state index contributed by atoms with van der Waals surface area (Å²) >= 11 is 0. The van der Waals surface area contributed by atoms with Gasteiger partial charge < -0.3 is 0 Å². The second-order valence-electron chi connectivity index (χ2n) is 5.80. The van der Waals surface area contributed by atoms with Crippen LogP contribution in [0.4, 0.5) is 0 Å². The molecule has 3 rings (SSSR count). The topological polar surface area (TPSA) is 12.4 Å². The average Bonchev–Trinajstić information content (AvgIpc) is 2.59. The highest BCUT2D eigenvalue weighted by Crippen LogP contribution is 2.30. The van der Waals surface area contributed by atoms with Gasteiger partial charge in [-0.05, 0) is 41.7 Å². The Balaban J connectivity index is 2.06. The second-order valence-corrected chi connectivity index (χ2v) is 5.80. The Kier molecular flexibility index (Phi) is 4.68. The monoisotopic (exact) mass is 299 g/mol. The molecule has 0 N–H and O–H groups in total. The van der Waals surface area contributed by atoms with Crippen molar-refractivity contribution in [2.75, 3.05) is 0 Å². The molecule has 0 amide bonds. The minimum absolute atomic E-state index is 0.0256. The Morgan fingerprint density at radius 3 is 1.65 bits per heavy atom. The zero-order valence-electron chi connectivity index (χ0n) is 13.6. The second kappa shape index (κ2) is 7.06. The van der Waals surface area contributed by atoms with E-state index >= 15 is 0 Å². The molecule has 0 saturated heterocycles. The van der Waals surface area contributed by atoms with Crippen LogP contribution in [0.3, 0.4) is 0 Å². The van der Waals surface area contributed by atoms with Crippen molar-refractivity contribution in [2.24, 2.45) is 4.99 Å². The van der Waals surface area contributed by atoms with Gasteiger partial charge in [-0.15, -0.1) is 0 Å². The zero-order chi connectivity index (χ0) is 16.1. The van der Waals surface area contributed by atoms with Crippen LogP contribution in [0.5, 0.6) is 0 Å². The largest absolute Gasteiger partial charge is 0.280 e. The van der Waals surface area contributed by atoms with Crippen molar-refractivity contribution in [3.05, 3.63) is 107 Å². The standard InChI is InChI=1S/C22H21N/c1-17-10-6-8-14-20(17)22(21-15-9-7-11-18(21)2)23-16-19-12-4-3-5-13-19/h3-16,22H,1-2H3. The maximum atomic E-state index is 4.93. The van der Waals surface area contributed by atoms with Crippen LogP contribution >= 0.6 is 0 Å². The lowest BCUT2D eigenvalue weighted by Crippen LogP contribution is -2.03. The molecule has 0 aromatic heterocycles. The molecule has 0 unspecified atom stereocenters. The van der Waals surface area contributed by atoms with Crippen LogP contribution in [0.1, 0.15) is 33.9 Å². The first-order valence-corrected chi connectivity index (χ1v) is 7.95. The highest BCUT2D eigenvalue weighted by molar-refractivity contribution is 5.79. The van der Waals surface area contributed by atoms with Gasteiger partial charge in [0.15, 0.2) is 0 Å². The number of rotatable bonds is 4. The van der Waals surface area contributed by atoms with E-state index in [1.165, 1.54) is 22.3 Å². The summed E-state index contributed by atoms with van der Waals surface area (Å²) in [6, 6.07) is 27.3. The highest BCUT2D eigenvalue weighted by Gasteiger charge is 2.16. The first-order valence-electron chi connectivity index (χ1n) is 7.95. The molecular formula is C22H21N. The van der Waals surface area contributed by atoms with Gasteiger partial charge in [-0.25, -0.2) is 0 Å². The quantitative estimate of drug-likeness (QED) is 0.563. The molecule has 0 radical (unpaired) electrons. The summed E-state index contributed by atoms with van der Waals surface area (Å²) in [7, 11) is 0. The van der Waals surface area contributed by atoms with Crippen molar-refractivity contribution in [2.45, 2.75) is 19.9 Å². The van der Waals surface area contributed by atoms with E-state index in [9.17, 15) is 0 Å². The molecule has 0 aliphatic rings. The molecule has 0 aliphatic carbocycles. The van der Waals surface area contributed by atoms with Gasteiger partial charge in [0, 0.05) is 6.21 Å². The van der Waals surface area contributed by atoms with Crippen LogP contribution in [0, 0.1) is 13.8 Å². The molecule has 0 aliphatic heterocycles. The van der Waals surface area contributed by atoms with Crippen LogP contribution in [0.25, 0.3) is 0 Å². The molecule has 0 fully saturated rings. The highest BCUT2D eigenvalue weighted by atomic mass is 14.8. The summed E-state index contributed by atoms with van der Waals surface area (Å²) in [5.74, 6) is 0. The number of benzene rings is 3. The third-order valence-electron chi connectivity index (χ3n) is 4.14. The van der Waals surface area contributed by atoms with Gasteiger partial charge in [-0.3, -0.25) is 4.99 Å². The summed E-state index contributed by atoms with van der Waals surface area (Å²) in [5, 5.41) is 0. The van der Waals surface area contributed by atoms with Crippen molar-refractivity contribution in [1.82, 2.24) is 0 Å². The molecule has 114 valence electrons. The number of hydrogen-bond donors (Lipinski definition) is 0. The fraction of sp³-hybridized carbons (Fsp3) is 0.136. The van der Waals surface area contributed by atoms with Crippen LogP contribution in [-0.2, 0) is 0 Å². The van der Waals surface area contributed by atoms with Gasteiger partial charge in [0.25, 0.3) is 0 Å². The number of aliphatic imine (C=N–C) groups is 1. The van der Waals surface area contributed by atoms with E-state index in [-0.39, 0.29) is 6.04 Å².